The molecule has 0 aromatic carbocycles. The van der Waals surface area contributed by atoms with Crippen LogP contribution in [0.2, 0.25) is 0 Å². The van der Waals surface area contributed by atoms with Crippen LogP contribution in [0.4, 0.5) is 0 Å². The molecular weight excluding hydrogens is 152 g/mol. The summed E-state index contributed by atoms with van der Waals surface area (Å²) in [6.07, 6.45) is 0. The van der Waals surface area contributed by atoms with Crippen LogP contribution < -0.4 is 11.1 Å². The van der Waals surface area contributed by atoms with Crippen molar-refractivity contribution in [2.45, 2.75) is 12.5 Å². The third-order valence-corrected chi connectivity index (χ3v) is 1.22. The number of nitrogens with two attached hydrogens (primary N) is 1. The first kappa shape index (κ1) is 9.61. The van der Waals surface area contributed by atoms with Gasteiger partial charge in [-0.25, -0.2) is 0 Å². The second-order valence-corrected chi connectivity index (χ2v) is 2.81. The Morgan fingerprint density at radius 3 is 2.10 bits per heavy atom. The van der Waals surface area contributed by atoms with Gasteiger partial charge in [0.25, 0.3) is 0 Å². The molecule has 5 heteroatoms. The summed E-state index contributed by atoms with van der Waals surface area (Å²) in [5.74, 6) is 0. The van der Waals surface area contributed by atoms with Crippen LogP contribution in [0.3, 0.4) is 0 Å². The van der Waals surface area contributed by atoms with Gasteiger partial charge in [-0.2, -0.15) is 0 Å². The van der Waals surface area contributed by atoms with E-state index in [0.717, 1.165) is 0 Å². The Morgan fingerprint density at radius 1 is 1.60 bits per heavy atom. The van der Waals surface area contributed by atoms with Gasteiger partial charge in [0.15, 0.2) is 5.11 Å². The third-order valence-electron chi connectivity index (χ3n) is 1.12. The van der Waals surface area contributed by atoms with Gasteiger partial charge in [0.2, 0.25) is 0 Å². The van der Waals surface area contributed by atoms with E-state index in [2.05, 4.69) is 17.5 Å². The number of hydrogen-bond donors (Lipinski definition) is 4. The Hall–Kier alpha value is -0.390. The van der Waals surface area contributed by atoms with Crippen molar-refractivity contribution in [3.05, 3.63) is 0 Å². The van der Waals surface area contributed by atoms with Crippen molar-refractivity contribution in [3.63, 3.8) is 0 Å². The average Bonchev–Trinajstić information content (AvgIpc) is 1.87. The molecule has 0 fully saturated rings. The summed E-state index contributed by atoms with van der Waals surface area (Å²) >= 11 is 4.52. The molecule has 0 saturated heterocycles. The van der Waals surface area contributed by atoms with Crippen LogP contribution in [0, 0.1) is 0 Å². The van der Waals surface area contributed by atoms with Crippen LogP contribution in [-0.2, 0) is 0 Å². The van der Waals surface area contributed by atoms with Crippen LogP contribution in [-0.4, -0.2) is 34.1 Å². The normalized spacial score (nSPS) is 11.1. The van der Waals surface area contributed by atoms with Crippen LogP contribution >= 0.6 is 12.2 Å². The lowest BCUT2D eigenvalue weighted by Crippen LogP contribution is -2.53. The van der Waals surface area contributed by atoms with Crippen LogP contribution in [0.1, 0.15) is 6.92 Å². The van der Waals surface area contributed by atoms with Gasteiger partial charge in [-0.1, -0.05) is 0 Å². The lowest BCUT2D eigenvalue weighted by Gasteiger charge is -2.25. The van der Waals surface area contributed by atoms with Crippen molar-refractivity contribution in [3.8, 4) is 0 Å². The zero-order valence-electron chi connectivity index (χ0n) is 5.79. The highest BCUT2D eigenvalue weighted by molar-refractivity contribution is 7.80. The minimum absolute atomic E-state index is 0.0746. The van der Waals surface area contributed by atoms with Gasteiger partial charge in [-0.15, -0.1) is 0 Å². The molecule has 0 amide bonds. The third kappa shape index (κ3) is 2.95. The van der Waals surface area contributed by atoms with Crippen molar-refractivity contribution in [2.75, 3.05) is 13.2 Å². The molecule has 5 N–H and O–H groups in total. The van der Waals surface area contributed by atoms with E-state index in [1.807, 2.05) is 0 Å². The molecule has 60 valence electrons. The predicted molar refractivity (Wildman–Crippen MR) is 42.5 cm³/mol. The smallest absolute Gasteiger partial charge is 0.164 e. The topological polar surface area (TPSA) is 78.5 Å². The van der Waals surface area contributed by atoms with Gasteiger partial charge in [-0.3, -0.25) is 0 Å². The zero-order chi connectivity index (χ0) is 8.20. The number of thiocarbonyl (C=S) groups is 1. The second kappa shape index (κ2) is 3.70. The van der Waals surface area contributed by atoms with Crippen molar-refractivity contribution in [1.29, 1.82) is 0 Å². The monoisotopic (exact) mass is 164 g/mol. The van der Waals surface area contributed by atoms with Crippen molar-refractivity contribution < 1.29 is 10.2 Å². The van der Waals surface area contributed by atoms with E-state index in [-0.39, 0.29) is 18.3 Å². The number of nitrogens with one attached hydrogen (secondary N) is 1. The average molecular weight is 164 g/mol. The molecular formula is C5H12N2O2S. The molecule has 0 bridgehead atoms. The summed E-state index contributed by atoms with van der Waals surface area (Å²) in [5, 5.41) is 20.0. The van der Waals surface area contributed by atoms with Gasteiger partial charge in [0.1, 0.15) is 0 Å². The van der Waals surface area contributed by atoms with E-state index >= 15 is 0 Å². The maximum Gasteiger partial charge on any atom is 0.164 e. The van der Waals surface area contributed by atoms with E-state index in [9.17, 15) is 0 Å². The van der Waals surface area contributed by atoms with E-state index in [4.69, 9.17) is 15.9 Å². The molecule has 4 nitrogen and oxygen atoms in total. The van der Waals surface area contributed by atoms with Crippen LogP contribution in [0.5, 0.6) is 0 Å². The van der Waals surface area contributed by atoms with Gasteiger partial charge in [0, 0.05) is 0 Å². The number of aliphatic hydroxyl groups is 2. The molecule has 0 atom stereocenters. The summed E-state index contributed by atoms with van der Waals surface area (Å²) < 4.78 is 0. The summed E-state index contributed by atoms with van der Waals surface area (Å²) in [6, 6.07) is 0. The first-order chi connectivity index (χ1) is 4.54. The summed E-state index contributed by atoms with van der Waals surface area (Å²) in [6.45, 7) is 1.20. The highest BCUT2D eigenvalue weighted by Crippen LogP contribution is 1.98. The van der Waals surface area contributed by atoms with Crippen LogP contribution in [0.25, 0.3) is 0 Å². The second-order valence-electron chi connectivity index (χ2n) is 2.37. The molecule has 0 aromatic heterocycles. The van der Waals surface area contributed by atoms with E-state index in [1.165, 1.54) is 0 Å². The Balaban J connectivity index is 3.92. The molecule has 0 saturated carbocycles. The van der Waals surface area contributed by atoms with E-state index < -0.39 is 5.54 Å². The van der Waals surface area contributed by atoms with Gasteiger partial charge in [0.05, 0.1) is 18.8 Å². The number of aliphatic hydroxyl groups excluding tert-OH is 2. The summed E-state index contributed by atoms with van der Waals surface area (Å²) in [5.41, 5.74) is 4.33. The van der Waals surface area contributed by atoms with E-state index in [1.54, 1.807) is 6.92 Å². The molecule has 0 rings (SSSR count). The molecule has 0 spiro atoms. The van der Waals surface area contributed by atoms with Gasteiger partial charge < -0.3 is 21.3 Å². The SMILES string of the molecule is CC(CO)(CO)NC(N)=S. The molecule has 0 unspecified atom stereocenters. The Kier molecular flexibility index (Phi) is 3.55. The fourth-order valence-electron chi connectivity index (χ4n) is 0.426. The van der Waals surface area contributed by atoms with Gasteiger partial charge in [-0.05, 0) is 19.1 Å². The summed E-state index contributed by atoms with van der Waals surface area (Å²) in [4.78, 5) is 0. The fourth-order valence-corrected chi connectivity index (χ4v) is 0.673. The molecule has 0 aliphatic carbocycles. The number of hydrogen-bond acceptors (Lipinski definition) is 3. The fraction of sp³-hybridized carbons (Fsp3) is 0.800. The Morgan fingerprint density at radius 2 is 2.00 bits per heavy atom. The van der Waals surface area contributed by atoms with Gasteiger partial charge >= 0.3 is 0 Å². The molecule has 0 aliphatic heterocycles. The van der Waals surface area contributed by atoms with Crippen molar-refractivity contribution >= 4 is 17.3 Å². The van der Waals surface area contributed by atoms with Crippen molar-refractivity contribution in [2.24, 2.45) is 5.73 Å². The lowest BCUT2D eigenvalue weighted by atomic mass is 10.1. The lowest BCUT2D eigenvalue weighted by molar-refractivity contribution is 0.119. The van der Waals surface area contributed by atoms with Crippen molar-refractivity contribution in [1.82, 2.24) is 5.32 Å². The highest BCUT2D eigenvalue weighted by Gasteiger charge is 2.21. The highest BCUT2D eigenvalue weighted by atomic mass is 32.1. The maximum absolute atomic E-state index is 8.70. The summed E-state index contributed by atoms with van der Waals surface area (Å²) in [7, 11) is 0. The predicted octanol–water partition coefficient (Wildman–Crippen LogP) is -1.44. The minimum atomic E-state index is -0.800. The molecule has 10 heavy (non-hydrogen) atoms. The molecule has 0 aliphatic rings. The quantitative estimate of drug-likeness (QED) is 0.384. The van der Waals surface area contributed by atoms with Crippen LogP contribution in [0.15, 0.2) is 0 Å². The minimum Gasteiger partial charge on any atom is -0.394 e. The largest absolute Gasteiger partial charge is 0.394 e. The molecule has 0 aromatic rings. The number of rotatable bonds is 3. The zero-order valence-corrected chi connectivity index (χ0v) is 6.61. The first-order valence-corrected chi connectivity index (χ1v) is 3.24. The Bertz CT molecular complexity index is 125. The standard InChI is InChI=1S/C5H12N2O2S/c1-5(2-8,3-9)7-4(6)10/h8-9H,2-3H2,1H3,(H3,6,7,10). The first-order valence-electron chi connectivity index (χ1n) is 2.83. The Labute approximate surface area is 65.0 Å². The van der Waals surface area contributed by atoms with E-state index in [0.29, 0.717) is 0 Å². The molecule has 0 radical (unpaired) electrons. The maximum atomic E-state index is 8.70. The molecule has 0 heterocycles.